The normalized spacial score (nSPS) is 8.13. The summed E-state index contributed by atoms with van der Waals surface area (Å²) in [6.45, 7) is 7.99. The van der Waals surface area contributed by atoms with Gasteiger partial charge >= 0.3 is 12.1 Å². The fourth-order valence-corrected chi connectivity index (χ4v) is 0.549. The van der Waals surface area contributed by atoms with Crippen LogP contribution >= 0.6 is 0 Å². The van der Waals surface area contributed by atoms with Crippen molar-refractivity contribution in [2.75, 3.05) is 13.2 Å². The Morgan fingerprint density at radius 2 is 2.00 bits per heavy atom. The fraction of sp³-hybridized carbons (Fsp3) is 0.600. The van der Waals surface area contributed by atoms with Crippen LogP contribution in [0.3, 0.4) is 0 Å². The molecule has 0 radical (unpaired) electrons. The molecule has 0 spiro atoms. The minimum atomic E-state index is -0.981. The monoisotopic (exact) mass is 217 g/mol. The topological polar surface area (TPSA) is 75.6 Å². The molecule has 0 saturated heterocycles. The number of aliphatic carboxylic acids is 1. The lowest BCUT2D eigenvalue weighted by molar-refractivity contribution is -0.131. The second-order valence-corrected chi connectivity index (χ2v) is 2.54. The first-order valence-electron chi connectivity index (χ1n) is 4.84. The van der Waals surface area contributed by atoms with Gasteiger partial charge < -0.3 is 15.2 Å². The summed E-state index contributed by atoms with van der Waals surface area (Å²) in [4.78, 5) is 19.8. The molecule has 0 aromatic carbocycles. The Labute approximate surface area is 90.1 Å². The zero-order valence-electron chi connectivity index (χ0n) is 9.28. The second-order valence-electron chi connectivity index (χ2n) is 2.54. The van der Waals surface area contributed by atoms with E-state index in [-0.39, 0.29) is 6.09 Å². The Kier molecular flexibility index (Phi) is 13.3. The van der Waals surface area contributed by atoms with E-state index >= 15 is 0 Å². The van der Waals surface area contributed by atoms with E-state index in [9.17, 15) is 9.59 Å². The van der Waals surface area contributed by atoms with Crippen molar-refractivity contribution in [3.8, 4) is 0 Å². The van der Waals surface area contributed by atoms with Gasteiger partial charge in [-0.05, 0) is 13.3 Å². The van der Waals surface area contributed by atoms with E-state index < -0.39 is 5.97 Å². The molecule has 0 bridgehead atoms. The zero-order valence-corrected chi connectivity index (χ0v) is 9.28. The van der Waals surface area contributed by atoms with Gasteiger partial charge in [0.25, 0.3) is 0 Å². The van der Waals surface area contributed by atoms with Crippen molar-refractivity contribution >= 4 is 12.1 Å². The lowest BCUT2D eigenvalue weighted by Crippen LogP contribution is -2.24. The van der Waals surface area contributed by atoms with E-state index in [1.165, 1.54) is 0 Å². The third-order valence-electron chi connectivity index (χ3n) is 1.25. The van der Waals surface area contributed by atoms with Gasteiger partial charge in [0.15, 0.2) is 0 Å². The summed E-state index contributed by atoms with van der Waals surface area (Å²) in [5.74, 6) is -0.981. The van der Waals surface area contributed by atoms with Crippen molar-refractivity contribution in [1.82, 2.24) is 5.32 Å². The summed E-state index contributed by atoms with van der Waals surface area (Å²) in [6, 6.07) is 0. The molecule has 0 aliphatic rings. The maximum absolute atomic E-state index is 10.6. The van der Waals surface area contributed by atoms with Gasteiger partial charge in [-0.1, -0.05) is 19.9 Å². The van der Waals surface area contributed by atoms with Crippen molar-refractivity contribution in [2.45, 2.75) is 26.7 Å². The Morgan fingerprint density at radius 3 is 2.33 bits per heavy atom. The molecule has 0 atom stereocenters. The van der Waals surface area contributed by atoms with Crippen LogP contribution in [0.4, 0.5) is 4.79 Å². The van der Waals surface area contributed by atoms with Crippen LogP contribution in [0.2, 0.25) is 0 Å². The number of rotatable bonds is 5. The summed E-state index contributed by atoms with van der Waals surface area (Å²) in [6.07, 6.45) is 2.63. The zero-order chi connectivity index (χ0) is 12.1. The van der Waals surface area contributed by atoms with Gasteiger partial charge in [-0.25, -0.2) is 9.59 Å². The molecule has 0 aromatic heterocycles. The Hall–Kier alpha value is -1.52. The molecule has 1 amide bonds. The molecule has 2 N–H and O–H groups in total. The third kappa shape index (κ3) is 19.1. The van der Waals surface area contributed by atoms with Gasteiger partial charge in [-0.3, -0.25) is 0 Å². The van der Waals surface area contributed by atoms with Crippen LogP contribution in [-0.4, -0.2) is 30.3 Å². The maximum Gasteiger partial charge on any atom is 0.407 e. The van der Waals surface area contributed by atoms with Crippen molar-refractivity contribution in [3.05, 3.63) is 12.7 Å². The number of carboxylic acids is 1. The van der Waals surface area contributed by atoms with Crippen molar-refractivity contribution in [1.29, 1.82) is 0 Å². The highest BCUT2D eigenvalue weighted by molar-refractivity contribution is 5.78. The van der Waals surface area contributed by atoms with Crippen molar-refractivity contribution < 1.29 is 19.4 Å². The largest absolute Gasteiger partial charge is 0.478 e. The smallest absolute Gasteiger partial charge is 0.407 e. The highest BCUT2D eigenvalue weighted by Crippen LogP contribution is 1.83. The summed E-state index contributed by atoms with van der Waals surface area (Å²) in [5.41, 5.74) is 0. The van der Waals surface area contributed by atoms with E-state index in [0.29, 0.717) is 6.61 Å². The van der Waals surface area contributed by atoms with Crippen molar-refractivity contribution in [2.24, 2.45) is 0 Å². The van der Waals surface area contributed by atoms with Gasteiger partial charge in [-0.15, -0.1) is 0 Å². The summed E-state index contributed by atoms with van der Waals surface area (Å²) in [7, 11) is 0. The molecule has 0 unspecified atom stereocenters. The molecule has 0 aromatic rings. The van der Waals surface area contributed by atoms with Crippen molar-refractivity contribution in [3.63, 3.8) is 0 Å². The number of unbranched alkanes of at least 4 members (excludes halogenated alkanes) is 1. The number of nitrogens with one attached hydrogen (secondary N) is 1. The molecule has 0 heterocycles. The summed E-state index contributed by atoms with van der Waals surface area (Å²) >= 11 is 0. The number of carbonyl (C=O) groups excluding carboxylic acids is 1. The van der Waals surface area contributed by atoms with Gasteiger partial charge in [0, 0.05) is 12.6 Å². The number of carbonyl (C=O) groups is 2. The van der Waals surface area contributed by atoms with Crippen LogP contribution in [0.25, 0.3) is 0 Å². The second kappa shape index (κ2) is 12.5. The van der Waals surface area contributed by atoms with Gasteiger partial charge in [-0.2, -0.15) is 0 Å². The van der Waals surface area contributed by atoms with Gasteiger partial charge in [0.05, 0.1) is 6.61 Å². The molecule has 0 aliphatic carbocycles. The Bertz CT molecular complexity index is 192. The average Bonchev–Trinajstić information content (AvgIpc) is 2.19. The maximum atomic E-state index is 10.6. The molecule has 15 heavy (non-hydrogen) atoms. The lowest BCUT2D eigenvalue weighted by Gasteiger charge is -2.02. The summed E-state index contributed by atoms with van der Waals surface area (Å²) in [5, 5.41) is 10.2. The van der Waals surface area contributed by atoms with Gasteiger partial charge in [0.2, 0.25) is 0 Å². The SMILES string of the molecule is C=CC(=O)O.CCCCNC(=O)OCC. The molecular weight excluding hydrogens is 198 g/mol. The average molecular weight is 217 g/mol. The molecule has 0 fully saturated rings. The van der Waals surface area contributed by atoms with Crippen LogP contribution in [0.1, 0.15) is 26.7 Å². The third-order valence-corrected chi connectivity index (χ3v) is 1.25. The minimum Gasteiger partial charge on any atom is -0.478 e. The Morgan fingerprint density at radius 1 is 1.47 bits per heavy atom. The van der Waals surface area contributed by atoms with Crippen LogP contribution in [0.15, 0.2) is 12.7 Å². The standard InChI is InChI=1S/C7H15NO2.C3H4O2/c1-3-5-6-8-7(9)10-4-2;1-2-3(4)5/h3-6H2,1-2H3,(H,8,9);2H,1H2,(H,4,5). The Balaban J connectivity index is 0. The minimum absolute atomic E-state index is 0.309. The number of ether oxygens (including phenoxy) is 1. The van der Waals surface area contributed by atoms with E-state index in [2.05, 4.69) is 23.6 Å². The van der Waals surface area contributed by atoms with Crippen LogP contribution in [0, 0.1) is 0 Å². The van der Waals surface area contributed by atoms with E-state index in [0.717, 1.165) is 25.5 Å². The quantitative estimate of drug-likeness (QED) is 0.543. The first-order chi connectivity index (χ1) is 7.08. The van der Waals surface area contributed by atoms with Crippen LogP contribution < -0.4 is 5.32 Å². The number of hydrogen-bond donors (Lipinski definition) is 2. The molecule has 0 aliphatic heterocycles. The molecule has 0 saturated carbocycles. The molecule has 88 valence electrons. The van der Waals surface area contributed by atoms with E-state index in [4.69, 9.17) is 5.11 Å². The van der Waals surface area contributed by atoms with Crippen LogP contribution in [-0.2, 0) is 9.53 Å². The predicted octanol–water partition coefficient (Wildman–Crippen LogP) is 1.79. The molecule has 5 heteroatoms. The number of amides is 1. The number of hydrogen-bond acceptors (Lipinski definition) is 3. The summed E-state index contributed by atoms with van der Waals surface area (Å²) < 4.78 is 4.64. The van der Waals surface area contributed by atoms with E-state index in [1.807, 2.05) is 0 Å². The van der Waals surface area contributed by atoms with E-state index in [1.54, 1.807) is 6.92 Å². The highest BCUT2D eigenvalue weighted by atomic mass is 16.5. The number of carboxylic acid groups (broad SMARTS) is 1. The first kappa shape index (κ1) is 15.9. The van der Waals surface area contributed by atoms with Gasteiger partial charge in [0.1, 0.15) is 0 Å². The van der Waals surface area contributed by atoms with Crippen LogP contribution in [0.5, 0.6) is 0 Å². The molecule has 0 rings (SSSR count). The first-order valence-corrected chi connectivity index (χ1v) is 4.84. The lowest BCUT2D eigenvalue weighted by atomic mass is 10.3. The highest BCUT2D eigenvalue weighted by Gasteiger charge is 1.95. The molecule has 5 nitrogen and oxygen atoms in total. The number of alkyl carbamates (subject to hydrolysis) is 1. The predicted molar refractivity (Wildman–Crippen MR) is 57.8 cm³/mol. The molecular formula is C10H19NO4. The fourth-order valence-electron chi connectivity index (χ4n) is 0.549.